The van der Waals surface area contributed by atoms with Gasteiger partial charge in [0.05, 0.1) is 0 Å². The normalized spacial score (nSPS) is 17.4. The van der Waals surface area contributed by atoms with Crippen molar-refractivity contribution >= 4 is 5.91 Å². The van der Waals surface area contributed by atoms with E-state index < -0.39 is 11.9 Å². The summed E-state index contributed by atoms with van der Waals surface area (Å²) in [7, 11) is 1.67. The molecule has 1 aliphatic rings. The van der Waals surface area contributed by atoms with E-state index in [4.69, 9.17) is 15.2 Å². The maximum Gasteiger partial charge on any atom is 0.238 e. The summed E-state index contributed by atoms with van der Waals surface area (Å²) in [5.74, 6) is 0.993. The fraction of sp³-hybridized carbons (Fsp3) is 0.500. The van der Waals surface area contributed by atoms with E-state index in [0.717, 1.165) is 17.7 Å². The van der Waals surface area contributed by atoms with Crippen LogP contribution in [-0.4, -0.2) is 31.2 Å². The molecule has 0 aliphatic carbocycles. The van der Waals surface area contributed by atoms with Crippen LogP contribution in [0.25, 0.3) is 0 Å². The molecular weight excluding hydrogens is 244 g/mol. The third kappa shape index (κ3) is 2.98. The van der Waals surface area contributed by atoms with Gasteiger partial charge in [0.1, 0.15) is 18.2 Å². The van der Waals surface area contributed by atoms with Gasteiger partial charge in [-0.15, -0.1) is 0 Å². The van der Waals surface area contributed by atoms with Crippen molar-refractivity contribution in [2.45, 2.75) is 31.9 Å². The predicted octanol–water partition coefficient (Wildman–Crippen LogP) is 0.852. The van der Waals surface area contributed by atoms with Crippen molar-refractivity contribution in [3.8, 4) is 11.5 Å². The molecule has 5 nitrogen and oxygen atoms in total. The molecule has 1 heterocycles. The number of benzene rings is 1. The lowest BCUT2D eigenvalue weighted by atomic mass is 10.0. The molecule has 1 aromatic rings. The Morgan fingerprint density at radius 3 is 2.95 bits per heavy atom. The lowest BCUT2D eigenvalue weighted by Crippen LogP contribution is -2.43. The first-order valence-corrected chi connectivity index (χ1v) is 6.33. The highest BCUT2D eigenvalue weighted by Crippen LogP contribution is 2.41. The maximum absolute atomic E-state index is 11.1. The van der Waals surface area contributed by atoms with E-state index in [1.54, 1.807) is 7.05 Å². The average Bonchev–Trinajstić information content (AvgIpc) is 2.64. The van der Waals surface area contributed by atoms with Crippen LogP contribution < -0.4 is 20.5 Å². The van der Waals surface area contributed by atoms with Gasteiger partial charge in [-0.3, -0.25) is 4.79 Å². The van der Waals surface area contributed by atoms with Gasteiger partial charge >= 0.3 is 0 Å². The van der Waals surface area contributed by atoms with Gasteiger partial charge in [0.25, 0.3) is 0 Å². The van der Waals surface area contributed by atoms with Crippen molar-refractivity contribution in [1.82, 2.24) is 5.32 Å². The van der Waals surface area contributed by atoms with Crippen LogP contribution in [0.4, 0.5) is 0 Å². The summed E-state index contributed by atoms with van der Waals surface area (Å²) in [6.07, 6.45) is 0.852. The number of hydrogen-bond donors (Lipinski definition) is 2. The summed E-state index contributed by atoms with van der Waals surface area (Å²) in [6, 6.07) is 5.29. The van der Waals surface area contributed by atoms with Gasteiger partial charge in [0.15, 0.2) is 11.5 Å². The van der Waals surface area contributed by atoms with Gasteiger partial charge in [0.2, 0.25) is 5.91 Å². The maximum atomic E-state index is 11.1. The van der Waals surface area contributed by atoms with E-state index in [-0.39, 0.29) is 12.2 Å². The van der Waals surface area contributed by atoms with Gasteiger partial charge < -0.3 is 20.5 Å². The highest BCUT2D eigenvalue weighted by molar-refractivity contribution is 5.80. The van der Waals surface area contributed by atoms with Gasteiger partial charge in [-0.25, -0.2) is 0 Å². The second-order valence-corrected chi connectivity index (χ2v) is 5.34. The molecule has 0 saturated heterocycles. The van der Waals surface area contributed by atoms with Crippen LogP contribution in [0.1, 0.15) is 19.4 Å². The Kier molecular flexibility index (Phi) is 3.66. The minimum absolute atomic E-state index is 0.187. The second kappa shape index (κ2) is 5.09. The number of hydrogen-bond acceptors (Lipinski definition) is 4. The minimum Gasteiger partial charge on any atom is -0.488 e. The third-order valence-electron chi connectivity index (χ3n) is 3.15. The number of primary amides is 1. The summed E-state index contributed by atoms with van der Waals surface area (Å²) in [5, 5.41) is 2.82. The molecule has 1 atom stereocenters. The van der Waals surface area contributed by atoms with Gasteiger partial charge in [-0.1, -0.05) is 12.1 Å². The Hall–Kier alpha value is -1.75. The SMILES string of the molecule is CNC(COc1cccc2c1OC(C)(C)C2)C(N)=O. The Morgan fingerprint density at radius 1 is 1.58 bits per heavy atom. The molecule has 0 fully saturated rings. The Bertz CT molecular complexity index is 486. The molecule has 0 radical (unpaired) electrons. The molecule has 0 spiro atoms. The van der Waals surface area contributed by atoms with Crippen LogP contribution in [0.5, 0.6) is 11.5 Å². The molecule has 1 unspecified atom stereocenters. The molecule has 3 N–H and O–H groups in total. The summed E-state index contributed by atoms with van der Waals surface area (Å²) < 4.78 is 11.6. The topological polar surface area (TPSA) is 73.6 Å². The molecular formula is C14H20N2O3. The second-order valence-electron chi connectivity index (χ2n) is 5.34. The van der Waals surface area contributed by atoms with E-state index in [2.05, 4.69) is 5.32 Å². The Labute approximate surface area is 113 Å². The number of nitrogens with one attached hydrogen (secondary N) is 1. The molecule has 5 heteroatoms. The van der Waals surface area contributed by atoms with Crippen LogP contribution in [-0.2, 0) is 11.2 Å². The Balaban J connectivity index is 2.11. The average molecular weight is 264 g/mol. The van der Waals surface area contributed by atoms with Gasteiger partial charge in [-0.05, 0) is 27.0 Å². The van der Waals surface area contributed by atoms with Crippen molar-refractivity contribution in [3.05, 3.63) is 23.8 Å². The number of carbonyl (C=O) groups is 1. The van der Waals surface area contributed by atoms with Crippen molar-refractivity contribution < 1.29 is 14.3 Å². The zero-order chi connectivity index (χ0) is 14.0. The summed E-state index contributed by atoms with van der Waals surface area (Å²) in [4.78, 5) is 11.1. The summed E-state index contributed by atoms with van der Waals surface area (Å²) in [5.41, 5.74) is 6.17. The fourth-order valence-electron chi connectivity index (χ4n) is 2.18. The quantitative estimate of drug-likeness (QED) is 0.827. The molecule has 0 bridgehead atoms. The molecule has 1 aromatic carbocycles. The fourth-order valence-corrected chi connectivity index (χ4v) is 2.18. The van der Waals surface area contributed by atoms with E-state index in [0.29, 0.717) is 5.75 Å². The molecule has 2 rings (SSSR count). The third-order valence-corrected chi connectivity index (χ3v) is 3.15. The van der Waals surface area contributed by atoms with Crippen LogP contribution in [0.3, 0.4) is 0 Å². The number of ether oxygens (including phenoxy) is 2. The summed E-state index contributed by atoms with van der Waals surface area (Å²) in [6.45, 7) is 4.26. The molecule has 1 aliphatic heterocycles. The number of para-hydroxylation sites is 1. The lowest BCUT2D eigenvalue weighted by Gasteiger charge is -2.19. The van der Waals surface area contributed by atoms with E-state index >= 15 is 0 Å². The standard InChI is InChI=1S/C14H20N2O3/c1-14(2)7-9-5-4-6-11(12(9)19-14)18-8-10(16-3)13(15)17/h4-6,10,16H,7-8H2,1-3H3,(H2,15,17). The zero-order valence-electron chi connectivity index (χ0n) is 11.5. The number of likely N-dealkylation sites (N-methyl/N-ethyl adjacent to an activating group) is 1. The smallest absolute Gasteiger partial charge is 0.238 e. The van der Waals surface area contributed by atoms with E-state index in [1.165, 1.54) is 0 Å². The number of amides is 1. The molecule has 0 aromatic heterocycles. The first-order chi connectivity index (χ1) is 8.93. The van der Waals surface area contributed by atoms with E-state index in [9.17, 15) is 4.79 Å². The van der Waals surface area contributed by atoms with Crippen LogP contribution in [0.15, 0.2) is 18.2 Å². The van der Waals surface area contributed by atoms with Crippen molar-refractivity contribution in [2.75, 3.05) is 13.7 Å². The zero-order valence-corrected chi connectivity index (χ0v) is 11.5. The lowest BCUT2D eigenvalue weighted by molar-refractivity contribution is -0.120. The molecule has 19 heavy (non-hydrogen) atoms. The first kappa shape index (κ1) is 13.7. The van der Waals surface area contributed by atoms with Crippen LogP contribution in [0.2, 0.25) is 0 Å². The molecule has 1 amide bonds. The number of rotatable bonds is 5. The van der Waals surface area contributed by atoms with Crippen LogP contribution >= 0.6 is 0 Å². The van der Waals surface area contributed by atoms with Crippen molar-refractivity contribution in [3.63, 3.8) is 0 Å². The minimum atomic E-state index is -0.509. The van der Waals surface area contributed by atoms with Gasteiger partial charge in [0, 0.05) is 12.0 Å². The molecule has 104 valence electrons. The highest BCUT2D eigenvalue weighted by atomic mass is 16.5. The number of carbonyl (C=O) groups excluding carboxylic acids is 1. The predicted molar refractivity (Wildman–Crippen MR) is 72.4 cm³/mol. The van der Waals surface area contributed by atoms with Gasteiger partial charge in [-0.2, -0.15) is 0 Å². The largest absolute Gasteiger partial charge is 0.488 e. The van der Waals surface area contributed by atoms with Crippen molar-refractivity contribution in [2.24, 2.45) is 5.73 Å². The van der Waals surface area contributed by atoms with Crippen LogP contribution in [0, 0.1) is 0 Å². The first-order valence-electron chi connectivity index (χ1n) is 6.33. The van der Waals surface area contributed by atoms with Crippen molar-refractivity contribution in [1.29, 1.82) is 0 Å². The number of fused-ring (bicyclic) bond motifs is 1. The number of nitrogens with two attached hydrogens (primary N) is 1. The summed E-state index contributed by atoms with van der Waals surface area (Å²) >= 11 is 0. The monoisotopic (exact) mass is 264 g/mol. The molecule has 0 saturated carbocycles. The van der Waals surface area contributed by atoms with E-state index in [1.807, 2.05) is 32.0 Å². The Morgan fingerprint density at radius 2 is 2.32 bits per heavy atom. The highest BCUT2D eigenvalue weighted by Gasteiger charge is 2.32.